The minimum absolute atomic E-state index is 0.0164. The van der Waals surface area contributed by atoms with E-state index in [1.54, 1.807) is 27.9 Å². The molecule has 2 aromatic heterocycles. The number of nitrogens with zero attached hydrogens (tertiary/aromatic N) is 4. The van der Waals surface area contributed by atoms with Crippen molar-refractivity contribution in [2.75, 3.05) is 13.1 Å². The molecule has 1 fully saturated rings. The summed E-state index contributed by atoms with van der Waals surface area (Å²) in [5.74, 6) is -0.289. The topological polar surface area (TPSA) is 95.9 Å². The van der Waals surface area contributed by atoms with Crippen LogP contribution in [0.15, 0.2) is 60.8 Å². The number of hydrogen-bond donors (Lipinski definition) is 2. The van der Waals surface area contributed by atoms with Crippen molar-refractivity contribution in [3.8, 4) is 5.69 Å². The summed E-state index contributed by atoms with van der Waals surface area (Å²) in [5.41, 5.74) is 2.55. The van der Waals surface area contributed by atoms with Crippen molar-refractivity contribution in [3.63, 3.8) is 0 Å². The molecule has 1 saturated heterocycles. The number of piperidine rings is 1. The van der Waals surface area contributed by atoms with Crippen LogP contribution in [0.3, 0.4) is 0 Å². The Morgan fingerprint density at radius 1 is 1.06 bits per heavy atom. The predicted octanol–water partition coefficient (Wildman–Crippen LogP) is 3.44. The third-order valence-corrected chi connectivity index (χ3v) is 5.95. The van der Waals surface area contributed by atoms with E-state index in [1.807, 2.05) is 42.5 Å². The first-order valence-electron chi connectivity index (χ1n) is 10.4. The number of aromatic nitrogens is 4. The zero-order chi connectivity index (χ0) is 22.1. The molecule has 0 atom stereocenters. The average Bonchev–Trinajstić information content (AvgIpc) is 3.47. The molecule has 0 saturated carbocycles. The lowest BCUT2D eigenvalue weighted by molar-refractivity contribution is 0.0692. The van der Waals surface area contributed by atoms with Crippen molar-refractivity contribution < 1.29 is 9.59 Å². The van der Waals surface area contributed by atoms with Crippen LogP contribution < -0.4 is 5.32 Å². The molecule has 2 amide bonds. The highest BCUT2D eigenvalue weighted by atomic mass is 35.5. The van der Waals surface area contributed by atoms with E-state index < -0.39 is 0 Å². The molecule has 0 bridgehead atoms. The van der Waals surface area contributed by atoms with Crippen molar-refractivity contribution in [3.05, 3.63) is 77.2 Å². The molecule has 2 aromatic carbocycles. The number of benzene rings is 2. The number of carbonyl (C=O) groups excluding carboxylic acids is 2. The summed E-state index contributed by atoms with van der Waals surface area (Å²) < 4.78 is 1.55. The fourth-order valence-corrected chi connectivity index (χ4v) is 4.06. The largest absolute Gasteiger partial charge is 0.351 e. The molecule has 1 aliphatic heterocycles. The van der Waals surface area contributed by atoms with Crippen molar-refractivity contribution in [1.82, 2.24) is 30.2 Å². The molecule has 0 spiro atoms. The van der Waals surface area contributed by atoms with Crippen LogP contribution in [0.5, 0.6) is 0 Å². The van der Waals surface area contributed by atoms with E-state index in [-0.39, 0.29) is 17.9 Å². The van der Waals surface area contributed by atoms with Gasteiger partial charge in [0.25, 0.3) is 11.8 Å². The number of rotatable bonds is 4. The van der Waals surface area contributed by atoms with Gasteiger partial charge in [0.05, 0.1) is 11.9 Å². The number of amides is 2. The molecule has 162 valence electrons. The summed E-state index contributed by atoms with van der Waals surface area (Å²) in [6, 6.07) is 16.8. The van der Waals surface area contributed by atoms with E-state index in [0.29, 0.717) is 42.3 Å². The first-order chi connectivity index (χ1) is 15.6. The van der Waals surface area contributed by atoms with Gasteiger partial charge >= 0.3 is 0 Å². The fraction of sp³-hybridized carbons (Fsp3) is 0.217. The van der Waals surface area contributed by atoms with Gasteiger partial charge in [0, 0.05) is 35.1 Å². The normalized spacial score (nSPS) is 14.6. The molecule has 2 N–H and O–H groups in total. The van der Waals surface area contributed by atoms with Gasteiger partial charge in [-0.1, -0.05) is 35.0 Å². The molecular formula is C23H21ClN6O2. The van der Waals surface area contributed by atoms with Crippen LogP contribution in [0.25, 0.3) is 16.6 Å². The Kier molecular flexibility index (Phi) is 5.36. The fourth-order valence-electron chi connectivity index (χ4n) is 3.93. The van der Waals surface area contributed by atoms with Gasteiger partial charge in [-0.25, -0.2) is 4.68 Å². The number of fused-ring (bicyclic) bond motifs is 1. The number of halogens is 1. The van der Waals surface area contributed by atoms with E-state index >= 15 is 0 Å². The van der Waals surface area contributed by atoms with E-state index in [1.165, 1.54) is 0 Å². The first-order valence-corrected chi connectivity index (χ1v) is 10.8. The Morgan fingerprint density at radius 2 is 1.81 bits per heavy atom. The summed E-state index contributed by atoms with van der Waals surface area (Å²) in [6.07, 6.45) is 2.99. The summed E-state index contributed by atoms with van der Waals surface area (Å²) in [6.45, 7) is 1.09. The van der Waals surface area contributed by atoms with Gasteiger partial charge in [-0.2, -0.15) is 0 Å². The number of nitrogens with one attached hydrogen (secondary N) is 2. The zero-order valence-corrected chi connectivity index (χ0v) is 17.9. The number of hydrogen-bond acceptors (Lipinski definition) is 4. The maximum atomic E-state index is 12.8. The third-order valence-electron chi connectivity index (χ3n) is 5.70. The third kappa shape index (κ3) is 4.09. The molecule has 1 aliphatic rings. The highest BCUT2D eigenvalue weighted by Crippen LogP contribution is 2.18. The molecular weight excluding hydrogens is 428 g/mol. The van der Waals surface area contributed by atoms with E-state index in [4.69, 9.17) is 11.6 Å². The Labute approximate surface area is 189 Å². The molecule has 8 nitrogen and oxygen atoms in total. The minimum Gasteiger partial charge on any atom is -0.351 e. The Hall–Kier alpha value is -3.65. The van der Waals surface area contributed by atoms with Crippen molar-refractivity contribution in [2.24, 2.45) is 0 Å². The molecule has 9 heteroatoms. The van der Waals surface area contributed by atoms with Gasteiger partial charge in [0.1, 0.15) is 5.69 Å². The molecule has 3 heterocycles. The number of likely N-dealkylation sites (tertiary alicyclic amines) is 1. The lowest BCUT2D eigenvalue weighted by Gasteiger charge is -2.31. The highest BCUT2D eigenvalue weighted by Gasteiger charge is 2.26. The maximum absolute atomic E-state index is 12.8. The standard InChI is InChI=1S/C23H21ClN6O2/c24-16-5-7-18(8-6-16)30-14-21(27-28-30)23(32)29-11-9-17(10-12-29)25-22(31)20-13-15-3-1-2-4-19(15)26-20/h1-8,13-14,17,26H,9-12H2,(H,25,31). The second kappa shape index (κ2) is 8.47. The van der Waals surface area contributed by atoms with Crippen molar-refractivity contribution in [1.29, 1.82) is 0 Å². The minimum atomic E-state index is -0.161. The molecule has 0 unspecified atom stereocenters. The SMILES string of the molecule is O=C(NC1CCN(C(=O)c2cn(-c3ccc(Cl)cc3)nn2)CC1)c1cc2ccccc2[nH]1. The van der Waals surface area contributed by atoms with Gasteiger partial charge in [-0.3, -0.25) is 9.59 Å². The monoisotopic (exact) mass is 448 g/mol. The second-order valence-electron chi connectivity index (χ2n) is 7.83. The van der Waals surface area contributed by atoms with Gasteiger partial charge in [0.2, 0.25) is 0 Å². The Morgan fingerprint density at radius 3 is 2.56 bits per heavy atom. The van der Waals surface area contributed by atoms with Crippen LogP contribution in [-0.2, 0) is 0 Å². The Bertz CT molecular complexity index is 1240. The predicted molar refractivity (Wildman–Crippen MR) is 121 cm³/mol. The van der Waals surface area contributed by atoms with Crippen LogP contribution >= 0.6 is 11.6 Å². The summed E-state index contributed by atoms with van der Waals surface area (Å²) >= 11 is 5.92. The van der Waals surface area contributed by atoms with Crippen molar-refractivity contribution >= 4 is 34.3 Å². The quantitative estimate of drug-likeness (QED) is 0.500. The number of aromatic amines is 1. The van der Waals surface area contributed by atoms with Crippen LogP contribution in [0.1, 0.15) is 33.8 Å². The summed E-state index contributed by atoms with van der Waals surface area (Å²) in [7, 11) is 0. The Balaban J connectivity index is 1.18. The van der Waals surface area contributed by atoms with E-state index in [9.17, 15) is 9.59 Å². The van der Waals surface area contributed by atoms with Crippen LogP contribution in [-0.4, -0.2) is 55.8 Å². The zero-order valence-electron chi connectivity index (χ0n) is 17.2. The number of carbonyl (C=O) groups is 2. The van der Waals surface area contributed by atoms with E-state index in [0.717, 1.165) is 16.6 Å². The van der Waals surface area contributed by atoms with Gasteiger partial charge in [0.15, 0.2) is 5.69 Å². The van der Waals surface area contributed by atoms with E-state index in [2.05, 4.69) is 20.6 Å². The lowest BCUT2D eigenvalue weighted by atomic mass is 10.0. The van der Waals surface area contributed by atoms with Gasteiger partial charge < -0.3 is 15.2 Å². The van der Waals surface area contributed by atoms with Crippen LogP contribution in [0, 0.1) is 0 Å². The molecule has 5 rings (SSSR count). The van der Waals surface area contributed by atoms with Gasteiger partial charge in [-0.15, -0.1) is 5.10 Å². The maximum Gasteiger partial charge on any atom is 0.276 e. The summed E-state index contributed by atoms with van der Waals surface area (Å²) in [5, 5.41) is 12.8. The number of para-hydroxylation sites is 1. The highest BCUT2D eigenvalue weighted by molar-refractivity contribution is 6.30. The molecule has 0 aliphatic carbocycles. The molecule has 4 aromatic rings. The lowest BCUT2D eigenvalue weighted by Crippen LogP contribution is -2.46. The van der Waals surface area contributed by atoms with Crippen LogP contribution in [0.4, 0.5) is 0 Å². The molecule has 0 radical (unpaired) electrons. The number of H-pyrrole nitrogens is 1. The second-order valence-corrected chi connectivity index (χ2v) is 8.27. The van der Waals surface area contributed by atoms with Gasteiger partial charge in [-0.05, 0) is 49.2 Å². The molecule has 32 heavy (non-hydrogen) atoms. The average molecular weight is 449 g/mol. The summed E-state index contributed by atoms with van der Waals surface area (Å²) in [4.78, 5) is 30.4. The van der Waals surface area contributed by atoms with Crippen LogP contribution in [0.2, 0.25) is 5.02 Å². The van der Waals surface area contributed by atoms with Crippen molar-refractivity contribution in [2.45, 2.75) is 18.9 Å². The first kappa shape index (κ1) is 20.3. The smallest absolute Gasteiger partial charge is 0.276 e.